The van der Waals surface area contributed by atoms with Gasteiger partial charge < -0.3 is 9.84 Å². The third kappa shape index (κ3) is 2.60. The van der Waals surface area contributed by atoms with Crippen molar-refractivity contribution in [2.24, 2.45) is 0 Å². The molecule has 1 aromatic heterocycles. The summed E-state index contributed by atoms with van der Waals surface area (Å²) >= 11 is 5.73. The Bertz CT molecular complexity index is 444. The van der Waals surface area contributed by atoms with Crippen LogP contribution in [0.2, 0.25) is 5.15 Å². The summed E-state index contributed by atoms with van der Waals surface area (Å²) in [4.78, 5) is 3.29. The van der Waals surface area contributed by atoms with E-state index < -0.39 is 17.5 Å². The van der Waals surface area contributed by atoms with Crippen LogP contribution in [0.4, 0.5) is 13.2 Å². The van der Waals surface area contributed by atoms with Crippen LogP contribution in [0.5, 0.6) is 0 Å². The van der Waals surface area contributed by atoms with E-state index in [1.807, 2.05) is 0 Å². The van der Waals surface area contributed by atoms with Crippen LogP contribution in [0.25, 0.3) is 0 Å². The van der Waals surface area contributed by atoms with Gasteiger partial charge >= 0.3 is 6.18 Å². The number of alkyl halides is 3. The van der Waals surface area contributed by atoms with Gasteiger partial charge in [-0.15, -0.1) is 0 Å². The van der Waals surface area contributed by atoms with Crippen molar-refractivity contribution in [3.8, 4) is 0 Å². The van der Waals surface area contributed by atoms with Crippen LogP contribution >= 0.6 is 11.6 Å². The second-order valence-electron chi connectivity index (χ2n) is 4.22. The number of aliphatic hydroxyl groups is 1. The molecule has 0 amide bonds. The Morgan fingerprint density at radius 2 is 2.11 bits per heavy atom. The van der Waals surface area contributed by atoms with Gasteiger partial charge in [-0.1, -0.05) is 17.7 Å². The van der Waals surface area contributed by atoms with Crippen LogP contribution in [-0.2, 0) is 16.5 Å². The molecule has 1 aliphatic rings. The first-order valence-corrected chi connectivity index (χ1v) is 5.75. The number of hydrogen-bond acceptors (Lipinski definition) is 3. The molecule has 0 radical (unpaired) electrons. The summed E-state index contributed by atoms with van der Waals surface area (Å²) in [5, 5.41) is 9.95. The van der Waals surface area contributed by atoms with Crippen molar-refractivity contribution in [1.29, 1.82) is 0 Å². The normalized spacial score (nSPS) is 25.2. The zero-order chi connectivity index (χ0) is 13.4. The van der Waals surface area contributed by atoms with Crippen molar-refractivity contribution < 1.29 is 23.0 Å². The van der Waals surface area contributed by atoms with Gasteiger partial charge in [-0.3, -0.25) is 0 Å². The first-order valence-electron chi connectivity index (χ1n) is 5.37. The third-order valence-corrected chi connectivity index (χ3v) is 3.15. The molecule has 100 valence electrons. The van der Waals surface area contributed by atoms with Crippen molar-refractivity contribution in [2.75, 3.05) is 13.2 Å². The minimum absolute atomic E-state index is 0.0137. The summed E-state index contributed by atoms with van der Waals surface area (Å²) in [7, 11) is 0. The van der Waals surface area contributed by atoms with Crippen molar-refractivity contribution in [2.45, 2.75) is 24.6 Å². The Labute approximate surface area is 107 Å². The van der Waals surface area contributed by atoms with Crippen LogP contribution in [0, 0.1) is 0 Å². The predicted molar refractivity (Wildman–Crippen MR) is 58.2 cm³/mol. The van der Waals surface area contributed by atoms with E-state index in [0.29, 0.717) is 19.4 Å². The average molecular weight is 282 g/mol. The fourth-order valence-electron chi connectivity index (χ4n) is 1.93. The molecular formula is C11H11ClF3NO2. The Kier molecular flexibility index (Phi) is 3.53. The number of nitrogens with zero attached hydrogens (tertiary/aromatic N) is 1. The Morgan fingerprint density at radius 3 is 2.61 bits per heavy atom. The summed E-state index contributed by atoms with van der Waals surface area (Å²) in [6, 6.07) is 1.97. The highest BCUT2D eigenvalue weighted by Crippen LogP contribution is 2.36. The lowest BCUT2D eigenvalue weighted by atomic mass is 9.89. The van der Waals surface area contributed by atoms with Crippen LogP contribution in [0.3, 0.4) is 0 Å². The summed E-state index contributed by atoms with van der Waals surface area (Å²) < 4.78 is 42.4. The molecule has 18 heavy (non-hydrogen) atoms. The van der Waals surface area contributed by atoms with E-state index in [-0.39, 0.29) is 17.3 Å². The lowest BCUT2D eigenvalue weighted by molar-refractivity contribution is -0.141. The summed E-state index contributed by atoms with van der Waals surface area (Å²) in [5.41, 5.74) is -2.25. The van der Waals surface area contributed by atoms with Gasteiger partial charge in [0.1, 0.15) is 16.4 Å². The monoisotopic (exact) mass is 281 g/mol. The highest BCUT2D eigenvalue weighted by Gasteiger charge is 2.37. The molecule has 0 saturated carbocycles. The average Bonchev–Trinajstić information content (AvgIpc) is 2.28. The van der Waals surface area contributed by atoms with Gasteiger partial charge in [-0.05, 0) is 18.9 Å². The summed E-state index contributed by atoms with van der Waals surface area (Å²) in [6.07, 6.45) is -3.54. The number of halogens is 4. The fraction of sp³-hybridized carbons (Fsp3) is 0.545. The molecule has 1 fully saturated rings. The number of rotatable bonds is 1. The minimum atomic E-state index is -4.55. The van der Waals surface area contributed by atoms with Crippen molar-refractivity contribution in [3.05, 3.63) is 28.5 Å². The first-order chi connectivity index (χ1) is 8.33. The second kappa shape index (κ2) is 4.68. The topological polar surface area (TPSA) is 42.4 Å². The van der Waals surface area contributed by atoms with E-state index in [2.05, 4.69) is 4.98 Å². The van der Waals surface area contributed by atoms with Crippen LogP contribution < -0.4 is 0 Å². The third-order valence-electron chi connectivity index (χ3n) is 2.86. The van der Waals surface area contributed by atoms with Gasteiger partial charge in [0.25, 0.3) is 0 Å². The standard InChI is InChI=1S/C11H11ClF3NO2/c12-9-7(10(17)4-1-5-18-6-10)2-3-8(16-9)11(13,14)15/h2-3,17H,1,4-6H2. The molecule has 1 N–H and O–H groups in total. The lowest BCUT2D eigenvalue weighted by Gasteiger charge is -2.32. The largest absolute Gasteiger partial charge is 0.433 e. The Hall–Kier alpha value is -0.850. The molecule has 1 atom stereocenters. The van der Waals surface area contributed by atoms with Crippen LogP contribution in [0.15, 0.2) is 12.1 Å². The Balaban J connectivity index is 2.35. The maximum Gasteiger partial charge on any atom is 0.433 e. The quantitative estimate of drug-likeness (QED) is 0.805. The number of hydrogen-bond donors (Lipinski definition) is 1. The van der Waals surface area contributed by atoms with Crippen LogP contribution in [0.1, 0.15) is 24.1 Å². The predicted octanol–water partition coefficient (Wildman–Crippen LogP) is 2.75. The highest BCUT2D eigenvalue weighted by atomic mass is 35.5. The molecule has 1 unspecified atom stereocenters. The van der Waals surface area contributed by atoms with E-state index in [9.17, 15) is 18.3 Å². The molecule has 0 aliphatic carbocycles. The van der Waals surface area contributed by atoms with E-state index >= 15 is 0 Å². The number of aromatic nitrogens is 1. The van der Waals surface area contributed by atoms with Crippen molar-refractivity contribution >= 4 is 11.6 Å². The SMILES string of the molecule is OC1(c2ccc(C(F)(F)F)nc2Cl)CCCOC1. The van der Waals surface area contributed by atoms with Gasteiger partial charge in [0.2, 0.25) is 0 Å². The molecule has 2 rings (SSSR count). The van der Waals surface area contributed by atoms with E-state index in [4.69, 9.17) is 16.3 Å². The molecule has 1 aliphatic heterocycles. The van der Waals surface area contributed by atoms with Gasteiger partial charge in [-0.25, -0.2) is 4.98 Å². The van der Waals surface area contributed by atoms with Crippen LogP contribution in [-0.4, -0.2) is 23.3 Å². The maximum absolute atomic E-state index is 12.4. The molecular weight excluding hydrogens is 271 g/mol. The van der Waals surface area contributed by atoms with Gasteiger partial charge in [0, 0.05) is 12.2 Å². The molecule has 0 spiro atoms. The van der Waals surface area contributed by atoms with Crippen molar-refractivity contribution in [1.82, 2.24) is 4.98 Å². The first kappa shape index (κ1) is 13.6. The summed E-state index contributed by atoms with van der Waals surface area (Å²) in [5.74, 6) is 0. The van der Waals surface area contributed by atoms with Gasteiger partial charge in [0.05, 0.1) is 6.61 Å². The zero-order valence-electron chi connectivity index (χ0n) is 9.30. The molecule has 7 heteroatoms. The Morgan fingerprint density at radius 1 is 1.39 bits per heavy atom. The lowest BCUT2D eigenvalue weighted by Crippen LogP contribution is -2.36. The highest BCUT2D eigenvalue weighted by molar-refractivity contribution is 6.30. The van der Waals surface area contributed by atoms with Gasteiger partial charge in [-0.2, -0.15) is 13.2 Å². The number of pyridine rings is 1. The zero-order valence-corrected chi connectivity index (χ0v) is 10.1. The molecule has 3 nitrogen and oxygen atoms in total. The smallest absolute Gasteiger partial charge is 0.383 e. The minimum Gasteiger partial charge on any atom is -0.383 e. The van der Waals surface area contributed by atoms with E-state index in [0.717, 1.165) is 12.1 Å². The fourth-order valence-corrected chi connectivity index (χ4v) is 2.26. The second-order valence-corrected chi connectivity index (χ2v) is 4.58. The van der Waals surface area contributed by atoms with E-state index in [1.54, 1.807) is 0 Å². The molecule has 0 aromatic carbocycles. The van der Waals surface area contributed by atoms with E-state index in [1.165, 1.54) is 0 Å². The molecule has 1 saturated heterocycles. The molecule has 1 aromatic rings. The maximum atomic E-state index is 12.4. The van der Waals surface area contributed by atoms with Gasteiger partial charge in [0.15, 0.2) is 0 Å². The summed E-state index contributed by atoms with van der Waals surface area (Å²) in [6.45, 7) is 0.535. The van der Waals surface area contributed by atoms with Crippen molar-refractivity contribution in [3.63, 3.8) is 0 Å². The number of ether oxygens (including phenoxy) is 1. The molecule has 2 heterocycles. The molecule has 0 bridgehead atoms.